The molecule has 1 aromatic heterocycles. The summed E-state index contributed by atoms with van der Waals surface area (Å²) >= 11 is 0. The molecule has 0 saturated heterocycles. The predicted octanol–water partition coefficient (Wildman–Crippen LogP) is 3.28. The van der Waals surface area contributed by atoms with Gasteiger partial charge in [0.2, 0.25) is 5.43 Å². The van der Waals surface area contributed by atoms with Crippen molar-refractivity contribution in [1.82, 2.24) is 4.57 Å². The molecule has 124 valence electrons. The van der Waals surface area contributed by atoms with Gasteiger partial charge >= 0.3 is 0 Å². The lowest BCUT2D eigenvalue weighted by atomic mass is 10.1. The van der Waals surface area contributed by atoms with E-state index in [1.807, 2.05) is 13.0 Å². The topological polar surface area (TPSA) is 74.9 Å². The Labute approximate surface area is 142 Å². The predicted molar refractivity (Wildman–Crippen MR) is 93.0 cm³/mol. The molecule has 0 atom stereocenters. The number of nitrogens with one attached hydrogen (secondary N) is 1. The molecule has 5 nitrogen and oxygen atoms in total. The number of pyridine rings is 1. The molecule has 0 radical (unpaired) electrons. The summed E-state index contributed by atoms with van der Waals surface area (Å²) in [6, 6.07) is 12.4. The Balaban J connectivity index is 2.12. The number of aromatic nitrogens is 1. The van der Waals surface area contributed by atoms with Gasteiger partial charge in [-0.15, -0.1) is 0 Å². The van der Waals surface area contributed by atoms with Gasteiger partial charge in [-0.2, -0.15) is 5.26 Å². The quantitative estimate of drug-likeness (QED) is 0.798. The van der Waals surface area contributed by atoms with Crippen LogP contribution in [0, 0.1) is 17.1 Å². The summed E-state index contributed by atoms with van der Waals surface area (Å²) in [6.45, 7) is 2.37. The second kappa shape index (κ2) is 6.57. The van der Waals surface area contributed by atoms with Crippen molar-refractivity contribution in [1.29, 1.82) is 5.26 Å². The van der Waals surface area contributed by atoms with Crippen LogP contribution in [0.5, 0.6) is 0 Å². The maximum Gasteiger partial charge on any atom is 0.261 e. The van der Waals surface area contributed by atoms with Gasteiger partial charge in [-0.05, 0) is 37.3 Å². The Kier molecular flexibility index (Phi) is 4.31. The highest BCUT2D eigenvalue weighted by molar-refractivity contribution is 6.06. The average molecular weight is 335 g/mol. The molecule has 0 aliphatic heterocycles. The minimum absolute atomic E-state index is 0.104. The molecule has 3 aromatic rings. The Morgan fingerprint density at radius 2 is 2.04 bits per heavy atom. The number of anilines is 1. The normalized spacial score (nSPS) is 10.4. The molecule has 0 fully saturated rings. The Hall–Kier alpha value is -3.46. The summed E-state index contributed by atoms with van der Waals surface area (Å²) in [4.78, 5) is 25.2. The lowest BCUT2D eigenvalue weighted by Gasteiger charge is -2.12. The highest BCUT2D eigenvalue weighted by Crippen LogP contribution is 2.17. The largest absolute Gasteiger partial charge is 0.347 e. The molecule has 6 heteroatoms. The van der Waals surface area contributed by atoms with Crippen molar-refractivity contribution >= 4 is 22.5 Å². The van der Waals surface area contributed by atoms with Crippen LogP contribution in [0.3, 0.4) is 0 Å². The number of nitrogens with zero attached hydrogens (tertiary/aromatic N) is 2. The fourth-order valence-electron chi connectivity index (χ4n) is 2.67. The van der Waals surface area contributed by atoms with E-state index in [2.05, 4.69) is 5.32 Å². The number of hydrogen-bond donors (Lipinski definition) is 1. The minimum Gasteiger partial charge on any atom is -0.347 e. The van der Waals surface area contributed by atoms with E-state index in [-0.39, 0.29) is 10.9 Å². The van der Waals surface area contributed by atoms with Crippen molar-refractivity contribution in [2.75, 3.05) is 5.32 Å². The van der Waals surface area contributed by atoms with Crippen LogP contribution in [-0.2, 0) is 6.54 Å². The zero-order chi connectivity index (χ0) is 18.0. The molecule has 0 aliphatic carbocycles. The van der Waals surface area contributed by atoms with Gasteiger partial charge in [0.1, 0.15) is 17.4 Å². The first-order valence-electron chi connectivity index (χ1n) is 7.68. The van der Waals surface area contributed by atoms with Gasteiger partial charge < -0.3 is 9.88 Å². The van der Waals surface area contributed by atoms with Crippen LogP contribution in [0.2, 0.25) is 0 Å². The smallest absolute Gasteiger partial charge is 0.261 e. The number of hydrogen-bond acceptors (Lipinski definition) is 3. The maximum absolute atomic E-state index is 13.5. The number of carbonyl (C=O) groups is 1. The number of nitriles is 1. The van der Waals surface area contributed by atoms with Crippen LogP contribution in [-0.4, -0.2) is 10.5 Å². The fourth-order valence-corrected chi connectivity index (χ4v) is 2.67. The first-order chi connectivity index (χ1) is 12.0. The van der Waals surface area contributed by atoms with E-state index in [1.54, 1.807) is 28.8 Å². The third-order valence-corrected chi connectivity index (χ3v) is 3.92. The lowest BCUT2D eigenvalue weighted by Crippen LogP contribution is -2.24. The van der Waals surface area contributed by atoms with Gasteiger partial charge in [-0.1, -0.05) is 12.1 Å². The molecular formula is C19H14FN3O2. The van der Waals surface area contributed by atoms with Crippen LogP contribution in [0.1, 0.15) is 22.8 Å². The van der Waals surface area contributed by atoms with Crippen LogP contribution >= 0.6 is 0 Å². The molecule has 0 spiro atoms. The highest BCUT2D eigenvalue weighted by atomic mass is 19.1. The average Bonchev–Trinajstić information content (AvgIpc) is 2.62. The van der Waals surface area contributed by atoms with Gasteiger partial charge in [-0.3, -0.25) is 9.59 Å². The molecule has 2 aromatic carbocycles. The van der Waals surface area contributed by atoms with Crippen molar-refractivity contribution < 1.29 is 9.18 Å². The number of rotatable bonds is 3. The van der Waals surface area contributed by atoms with Crippen LogP contribution in [0.25, 0.3) is 10.9 Å². The zero-order valence-electron chi connectivity index (χ0n) is 13.4. The second-order valence-corrected chi connectivity index (χ2v) is 5.43. The van der Waals surface area contributed by atoms with Crippen molar-refractivity contribution in [2.45, 2.75) is 13.5 Å². The van der Waals surface area contributed by atoms with Gasteiger partial charge in [0.05, 0.1) is 16.8 Å². The highest BCUT2D eigenvalue weighted by Gasteiger charge is 2.17. The number of para-hydroxylation sites is 1. The van der Waals surface area contributed by atoms with E-state index in [9.17, 15) is 14.0 Å². The number of halogens is 1. The first kappa shape index (κ1) is 16.4. The van der Waals surface area contributed by atoms with Gasteiger partial charge in [0.25, 0.3) is 5.91 Å². The first-order valence-corrected chi connectivity index (χ1v) is 7.68. The number of aryl methyl sites for hydroxylation is 1. The number of amides is 1. The standard InChI is InChI=1S/C19H14FN3O2/c1-2-23-11-15(18(24)14-9-13(20)7-8-17(14)23)19(25)22-16-6-4-3-5-12(16)10-21/h3-9,11H,2H2,1H3,(H,22,25). The third kappa shape index (κ3) is 3.00. The Bertz CT molecular complexity index is 1080. The molecule has 1 heterocycles. The van der Waals surface area contributed by atoms with E-state index >= 15 is 0 Å². The second-order valence-electron chi connectivity index (χ2n) is 5.43. The Morgan fingerprint density at radius 1 is 1.28 bits per heavy atom. The monoisotopic (exact) mass is 335 g/mol. The summed E-state index contributed by atoms with van der Waals surface area (Å²) in [5.41, 5.74) is 0.511. The molecule has 0 saturated carbocycles. The molecule has 0 aliphatic rings. The summed E-state index contributed by atoms with van der Waals surface area (Å²) in [6.07, 6.45) is 1.45. The van der Waals surface area contributed by atoms with E-state index in [1.165, 1.54) is 18.3 Å². The Morgan fingerprint density at radius 3 is 2.76 bits per heavy atom. The lowest BCUT2D eigenvalue weighted by molar-refractivity contribution is 0.102. The fraction of sp³-hybridized carbons (Fsp3) is 0.105. The van der Waals surface area contributed by atoms with Crippen molar-refractivity contribution in [3.8, 4) is 6.07 Å². The van der Waals surface area contributed by atoms with Crippen molar-refractivity contribution in [3.63, 3.8) is 0 Å². The molecular weight excluding hydrogens is 321 g/mol. The minimum atomic E-state index is -0.638. The van der Waals surface area contributed by atoms with Crippen LogP contribution in [0.15, 0.2) is 53.5 Å². The molecule has 3 rings (SSSR count). The number of benzene rings is 2. The number of carbonyl (C=O) groups excluding carboxylic acids is 1. The molecule has 25 heavy (non-hydrogen) atoms. The zero-order valence-corrected chi connectivity index (χ0v) is 13.4. The van der Waals surface area contributed by atoms with Gasteiger partial charge in [0.15, 0.2) is 0 Å². The third-order valence-electron chi connectivity index (χ3n) is 3.92. The van der Waals surface area contributed by atoms with Gasteiger partial charge in [-0.25, -0.2) is 4.39 Å². The molecule has 1 amide bonds. The van der Waals surface area contributed by atoms with E-state index in [4.69, 9.17) is 5.26 Å². The van der Waals surface area contributed by atoms with Crippen LogP contribution < -0.4 is 10.7 Å². The van der Waals surface area contributed by atoms with Crippen LogP contribution in [0.4, 0.5) is 10.1 Å². The maximum atomic E-state index is 13.5. The SMILES string of the molecule is CCn1cc(C(=O)Nc2ccccc2C#N)c(=O)c2cc(F)ccc21. The van der Waals surface area contributed by atoms with Gasteiger partial charge in [0, 0.05) is 18.1 Å². The van der Waals surface area contributed by atoms with E-state index in [0.717, 1.165) is 6.07 Å². The van der Waals surface area contributed by atoms with E-state index in [0.29, 0.717) is 23.3 Å². The number of fused-ring (bicyclic) bond motifs is 1. The van der Waals surface area contributed by atoms with E-state index < -0.39 is 17.2 Å². The molecule has 0 unspecified atom stereocenters. The molecule has 1 N–H and O–H groups in total. The van der Waals surface area contributed by atoms with Crippen molar-refractivity contribution in [3.05, 3.63) is 75.8 Å². The summed E-state index contributed by atoms with van der Waals surface area (Å²) < 4.78 is 15.3. The summed E-state index contributed by atoms with van der Waals surface area (Å²) in [7, 11) is 0. The summed E-state index contributed by atoms with van der Waals surface area (Å²) in [5, 5.41) is 11.8. The summed E-state index contributed by atoms with van der Waals surface area (Å²) in [5.74, 6) is -1.18. The van der Waals surface area contributed by atoms with Crippen molar-refractivity contribution in [2.24, 2.45) is 0 Å². The molecule has 0 bridgehead atoms.